The maximum Gasteiger partial charge on any atom is 0.118 e. The zero-order chi connectivity index (χ0) is 12.0. The number of phenols is 1. The summed E-state index contributed by atoms with van der Waals surface area (Å²) in [7, 11) is 0. The Kier molecular flexibility index (Phi) is 4.83. The van der Waals surface area contributed by atoms with E-state index in [0.717, 1.165) is 29.7 Å². The molecule has 1 N–H and O–H groups in total. The van der Waals surface area contributed by atoms with E-state index in [4.69, 9.17) is 4.84 Å². The van der Waals surface area contributed by atoms with Crippen LogP contribution in [-0.4, -0.2) is 17.4 Å². The molecule has 1 aromatic carbocycles. The third kappa shape index (κ3) is 3.57. The number of oxime groups is 1. The number of hydrogen-bond donors (Lipinski definition) is 1. The molecule has 0 radical (unpaired) electrons. The first-order valence-electron chi connectivity index (χ1n) is 5.61. The molecule has 0 fully saturated rings. The molecule has 0 saturated heterocycles. The second-order valence-corrected chi connectivity index (χ2v) is 3.86. The number of benzene rings is 1. The SMILES string of the molecule is CCCCON=C(C)c1ccc(O)c(C)c1. The van der Waals surface area contributed by atoms with E-state index in [-0.39, 0.29) is 0 Å². The average molecular weight is 221 g/mol. The van der Waals surface area contributed by atoms with Crippen LogP contribution in [0.5, 0.6) is 5.75 Å². The highest BCUT2D eigenvalue weighted by Gasteiger charge is 2.01. The molecule has 0 bridgehead atoms. The fourth-order valence-electron chi connectivity index (χ4n) is 1.28. The number of phenolic OH excluding ortho intramolecular Hbond substituents is 1. The van der Waals surface area contributed by atoms with Gasteiger partial charge in [0.1, 0.15) is 12.4 Å². The van der Waals surface area contributed by atoms with Gasteiger partial charge >= 0.3 is 0 Å². The molecule has 16 heavy (non-hydrogen) atoms. The van der Waals surface area contributed by atoms with Gasteiger partial charge < -0.3 is 9.94 Å². The highest BCUT2D eigenvalue weighted by molar-refractivity contribution is 5.98. The first kappa shape index (κ1) is 12.6. The van der Waals surface area contributed by atoms with Crippen LogP contribution in [0.25, 0.3) is 0 Å². The molecule has 0 heterocycles. The molecule has 1 rings (SSSR count). The van der Waals surface area contributed by atoms with Crippen LogP contribution in [0, 0.1) is 6.92 Å². The summed E-state index contributed by atoms with van der Waals surface area (Å²) in [5, 5.41) is 13.4. The van der Waals surface area contributed by atoms with Gasteiger partial charge in [-0.15, -0.1) is 0 Å². The molecule has 3 nitrogen and oxygen atoms in total. The van der Waals surface area contributed by atoms with Gasteiger partial charge in [-0.05, 0) is 49.6 Å². The normalized spacial score (nSPS) is 11.6. The summed E-state index contributed by atoms with van der Waals surface area (Å²) in [5.74, 6) is 0.309. The lowest BCUT2D eigenvalue weighted by Crippen LogP contribution is -1.97. The number of aryl methyl sites for hydroxylation is 1. The van der Waals surface area contributed by atoms with E-state index in [9.17, 15) is 5.11 Å². The van der Waals surface area contributed by atoms with Crippen molar-refractivity contribution in [3.8, 4) is 5.75 Å². The maximum atomic E-state index is 9.40. The Morgan fingerprint density at radius 1 is 1.44 bits per heavy atom. The molecule has 0 spiro atoms. The van der Waals surface area contributed by atoms with E-state index in [1.54, 1.807) is 6.07 Å². The minimum absolute atomic E-state index is 0.309. The standard InChI is InChI=1S/C13H19NO2/c1-4-5-8-16-14-11(3)12-6-7-13(15)10(2)9-12/h6-7,9,15H,4-5,8H2,1-3H3. The van der Waals surface area contributed by atoms with E-state index < -0.39 is 0 Å². The third-order valence-electron chi connectivity index (χ3n) is 2.41. The molecule has 0 saturated carbocycles. The van der Waals surface area contributed by atoms with Crippen LogP contribution >= 0.6 is 0 Å². The molecule has 3 heteroatoms. The van der Waals surface area contributed by atoms with Crippen molar-refractivity contribution >= 4 is 5.71 Å². The van der Waals surface area contributed by atoms with E-state index in [2.05, 4.69) is 12.1 Å². The monoisotopic (exact) mass is 221 g/mol. The Balaban J connectivity index is 2.64. The van der Waals surface area contributed by atoms with Crippen molar-refractivity contribution in [3.63, 3.8) is 0 Å². The predicted molar refractivity (Wildman–Crippen MR) is 65.9 cm³/mol. The number of aromatic hydroxyl groups is 1. The minimum Gasteiger partial charge on any atom is -0.508 e. The lowest BCUT2D eigenvalue weighted by atomic mass is 10.1. The zero-order valence-corrected chi connectivity index (χ0v) is 10.2. The van der Waals surface area contributed by atoms with Gasteiger partial charge in [-0.2, -0.15) is 0 Å². The van der Waals surface area contributed by atoms with Gasteiger partial charge in [-0.1, -0.05) is 18.5 Å². The van der Waals surface area contributed by atoms with Crippen molar-refractivity contribution in [3.05, 3.63) is 29.3 Å². The van der Waals surface area contributed by atoms with Gasteiger partial charge in [0, 0.05) is 0 Å². The molecule has 0 unspecified atom stereocenters. The summed E-state index contributed by atoms with van der Waals surface area (Å²) < 4.78 is 0. The van der Waals surface area contributed by atoms with E-state index >= 15 is 0 Å². The first-order valence-corrected chi connectivity index (χ1v) is 5.61. The first-order chi connectivity index (χ1) is 7.65. The van der Waals surface area contributed by atoms with Crippen molar-refractivity contribution in [1.29, 1.82) is 0 Å². The average Bonchev–Trinajstić information content (AvgIpc) is 2.28. The summed E-state index contributed by atoms with van der Waals surface area (Å²) >= 11 is 0. The summed E-state index contributed by atoms with van der Waals surface area (Å²) in [6.45, 7) is 6.54. The Bertz CT molecular complexity index is 372. The number of unbranched alkanes of at least 4 members (excludes halogenated alkanes) is 1. The van der Waals surface area contributed by atoms with Gasteiger partial charge in [0.2, 0.25) is 0 Å². The molecule has 0 atom stereocenters. The Morgan fingerprint density at radius 3 is 2.81 bits per heavy atom. The minimum atomic E-state index is 0.309. The van der Waals surface area contributed by atoms with E-state index in [1.165, 1.54) is 0 Å². The van der Waals surface area contributed by atoms with Crippen LogP contribution in [0.1, 0.15) is 37.8 Å². The number of nitrogens with zero attached hydrogens (tertiary/aromatic N) is 1. The molecule has 0 aliphatic carbocycles. The van der Waals surface area contributed by atoms with Crippen molar-refractivity contribution in [2.24, 2.45) is 5.16 Å². The molecular weight excluding hydrogens is 202 g/mol. The molecule has 0 aliphatic rings. The molecule has 0 aliphatic heterocycles. The van der Waals surface area contributed by atoms with Crippen LogP contribution in [-0.2, 0) is 4.84 Å². The van der Waals surface area contributed by atoms with Gasteiger partial charge in [0.25, 0.3) is 0 Å². The number of rotatable bonds is 5. The molecule has 88 valence electrons. The molecule has 0 aromatic heterocycles. The van der Waals surface area contributed by atoms with Crippen LogP contribution in [0.2, 0.25) is 0 Å². The second kappa shape index (κ2) is 6.16. The van der Waals surface area contributed by atoms with Crippen molar-refractivity contribution in [1.82, 2.24) is 0 Å². The van der Waals surface area contributed by atoms with Crippen LogP contribution in [0.15, 0.2) is 23.4 Å². The lowest BCUT2D eigenvalue weighted by Gasteiger charge is -2.04. The number of hydrogen-bond acceptors (Lipinski definition) is 3. The molecule has 0 amide bonds. The topological polar surface area (TPSA) is 41.8 Å². The lowest BCUT2D eigenvalue weighted by molar-refractivity contribution is 0.141. The van der Waals surface area contributed by atoms with Crippen molar-refractivity contribution in [2.75, 3.05) is 6.61 Å². The summed E-state index contributed by atoms with van der Waals surface area (Å²) in [4.78, 5) is 5.19. The van der Waals surface area contributed by atoms with Gasteiger partial charge in [-0.25, -0.2) is 0 Å². The maximum absolute atomic E-state index is 9.40. The Hall–Kier alpha value is -1.51. The van der Waals surface area contributed by atoms with Gasteiger partial charge in [-0.3, -0.25) is 0 Å². The highest BCUT2D eigenvalue weighted by Crippen LogP contribution is 2.17. The fourth-order valence-corrected chi connectivity index (χ4v) is 1.28. The summed E-state index contributed by atoms with van der Waals surface area (Å²) in [6.07, 6.45) is 2.12. The van der Waals surface area contributed by atoms with Crippen LogP contribution in [0.3, 0.4) is 0 Å². The zero-order valence-electron chi connectivity index (χ0n) is 10.2. The fraction of sp³-hybridized carbons (Fsp3) is 0.462. The highest BCUT2D eigenvalue weighted by atomic mass is 16.6. The molecular formula is C13H19NO2. The van der Waals surface area contributed by atoms with Crippen LogP contribution < -0.4 is 0 Å². The summed E-state index contributed by atoms with van der Waals surface area (Å²) in [5.41, 5.74) is 2.66. The van der Waals surface area contributed by atoms with Gasteiger partial charge in [0.05, 0.1) is 5.71 Å². The Labute approximate surface area is 96.7 Å². The quantitative estimate of drug-likeness (QED) is 0.471. The Morgan fingerprint density at radius 2 is 2.19 bits per heavy atom. The largest absolute Gasteiger partial charge is 0.508 e. The van der Waals surface area contributed by atoms with Crippen molar-refractivity contribution < 1.29 is 9.94 Å². The molecule has 1 aromatic rings. The van der Waals surface area contributed by atoms with Crippen LogP contribution in [0.4, 0.5) is 0 Å². The smallest absolute Gasteiger partial charge is 0.118 e. The second-order valence-electron chi connectivity index (χ2n) is 3.86. The van der Waals surface area contributed by atoms with Crippen molar-refractivity contribution in [2.45, 2.75) is 33.6 Å². The van der Waals surface area contributed by atoms with Gasteiger partial charge in [0.15, 0.2) is 0 Å². The predicted octanol–water partition coefficient (Wildman–Crippen LogP) is 3.24. The van der Waals surface area contributed by atoms with E-state index in [1.807, 2.05) is 26.0 Å². The van der Waals surface area contributed by atoms with E-state index in [0.29, 0.717) is 12.4 Å². The third-order valence-corrected chi connectivity index (χ3v) is 2.41. The summed E-state index contributed by atoms with van der Waals surface area (Å²) in [6, 6.07) is 5.41.